The fourth-order valence-corrected chi connectivity index (χ4v) is 2.45. The topological polar surface area (TPSA) is 29.4 Å². The maximum atomic E-state index is 11.6. The number of aliphatic imine (C=N–C) groups is 1. The summed E-state index contributed by atoms with van der Waals surface area (Å²) >= 11 is 0. The van der Waals surface area contributed by atoms with Crippen LogP contribution in [0.15, 0.2) is 35.0 Å². The third kappa shape index (κ3) is 1.84. The molecule has 0 saturated carbocycles. The number of carbonyl (C=O) groups is 1. The number of ketones is 1. The predicted molar refractivity (Wildman–Crippen MR) is 74.5 cm³/mol. The Bertz CT molecular complexity index is 632. The van der Waals surface area contributed by atoms with Gasteiger partial charge in [0.05, 0.1) is 0 Å². The van der Waals surface area contributed by atoms with E-state index in [-0.39, 0.29) is 5.78 Å². The van der Waals surface area contributed by atoms with Crippen LogP contribution < -0.4 is 0 Å². The van der Waals surface area contributed by atoms with Gasteiger partial charge in [0, 0.05) is 24.8 Å². The summed E-state index contributed by atoms with van der Waals surface area (Å²) in [7, 11) is 0. The first kappa shape index (κ1) is 11.1. The van der Waals surface area contributed by atoms with Crippen LogP contribution in [0.3, 0.4) is 0 Å². The SMILES string of the molecule is CC1=Cc2cc(C3=CN=C(C)C3)ccc2CC1=O. The van der Waals surface area contributed by atoms with Crippen molar-refractivity contribution < 1.29 is 4.79 Å². The first-order valence-electron chi connectivity index (χ1n) is 6.20. The molecule has 0 saturated heterocycles. The summed E-state index contributed by atoms with van der Waals surface area (Å²) in [5.41, 5.74) is 6.80. The number of benzene rings is 1. The Morgan fingerprint density at radius 2 is 2.00 bits per heavy atom. The van der Waals surface area contributed by atoms with Crippen molar-refractivity contribution in [3.8, 4) is 0 Å². The number of Topliss-reactive ketones (excluding diaryl/α,β-unsaturated/α-hetero) is 1. The molecule has 1 heterocycles. The quantitative estimate of drug-likeness (QED) is 0.735. The summed E-state index contributed by atoms with van der Waals surface area (Å²) in [6.07, 6.45) is 5.41. The Morgan fingerprint density at radius 1 is 1.17 bits per heavy atom. The minimum atomic E-state index is 0.231. The van der Waals surface area contributed by atoms with Crippen molar-refractivity contribution in [1.29, 1.82) is 0 Å². The van der Waals surface area contributed by atoms with Crippen molar-refractivity contribution in [2.45, 2.75) is 26.7 Å². The average molecular weight is 237 g/mol. The van der Waals surface area contributed by atoms with Crippen molar-refractivity contribution in [2.75, 3.05) is 0 Å². The maximum absolute atomic E-state index is 11.6. The van der Waals surface area contributed by atoms with Gasteiger partial charge < -0.3 is 0 Å². The van der Waals surface area contributed by atoms with Crippen LogP contribution in [0.5, 0.6) is 0 Å². The highest BCUT2D eigenvalue weighted by atomic mass is 16.1. The summed E-state index contributed by atoms with van der Waals surface area (Å²) in [4.78, 5) is 16.0. The largest absolute Gasteiger partial charge is 0.294 e. The molecule has 2 aliphatic rings. The van der Waals surface area contributed by atoms with Gasteiger partial charge >= 0.3 is 0 Å². The number of fused-ring (bicyclic) bond motifs is 1. The monoisotopic (exact) mass is 237 g/mol. The number of nitrogens with zero attached hydrogens (tertiary/aromatic N) is 1. The third-order valence-electron chi connectivity index (χ3n) is 3.57. The summed E-state index contributed by atoms with van der Waals surface area (Å²) in [6.45, 7) is 3.94. The number of hydrogen-bond acceptors (Lipinski definition) is 2. The van der Waals surface area contributed by atoms with Crippen LogP contribution in [0.25, 0.3) is 11.6 Å². The van der Waals surface area contributed by atoms with E-state index in [1.165, 1.54) is 16.7 Å². The molecule has 2 heteroatoms. The molecule has 1 aliphatic carbocycles. The zero-order valence-electron chi connectivity index (χ0n) is 10.7. The van der Waals surface area contributed by atoms with Crippen LogP contribution in [0.1, 0.15) is 37.0 Å². The second-order valence-electron chi connectivity index (χ2n) is 5.04. The average Bonchev–Trinajstić information content (AvgIpc) is 2.77. The molecule has 0 atom stereocenters. The zero-order chi connectivity index (χ0) is 12.7. The minimum absolute atomic E-state index is 0.231. The Labute approximate surface area is 107 Å². The first-order chi connectivity index (χ1) is 8.63. The molecule has 1 aliphatic heterocycles. The van der Waals surface area contributed by atoms with Crippen LogP contribution in [0.4, 0.5) is 0 Å². The zero-order valence-corrected chi connectivity index (χ0v) is 10.7. The van der Waals surface area contributed by atoms with Crippen LogP contribution in [-0.4, -0.2) is 11.5 Å². The van der Waals surface area contributed by atoms with Gasteiger partial charge in [-0.15, -0.1) is 0 Å². The van der Waals surface area contributed by atoms with Gasteiger partial charge in [-0.25, -0.2) is 0 Å². The van der Waals surface area contributed by atoms with Crippen molar-refractivity contribution in [2.24, 2.45) is 4.99 Å². The fourth-order valence-electron chi connectivity index (χ4n) is 2.45. The minimum Gasteiger partial charge on any atom is -0.294 e. The van der Waals surface area contributed by atoms with E-state index in [2.05, 4.69) is 23.2 Å². The van der Waals surface area contributed by atoms with E-state index in [4.69, 9.17) is 0 Å². The lowest BCUT2D eigenvalue weighted by Gasteiger charge is -2.14. The van der Waals surface area contributed by atoms with Gasteiger partial charge in [-0.3, -0.25) is 9.79 Å². The van der Waals surface area contributed by atoms with Gasteiger partial charge in [-0.05, 0) is 53.8 Å². The lowest BCUT2D eigenvalue weighted by atomic mass is 9.89. The van der Waals surface area contributed by atoms with Crippen LogP contribution in [0, 0.1) is 0 Å². The number of carbonyl (C=O) groups excluding carboxylic acids is 1. The second kappa shape index (κ2) is 4.05. The molecular weight excluding hydrogens is 222 g/mol. The fraction of sp³-hybridized carbons (Fsp3) is 0.250. The molecule has 1 aromatic rings. The van der Waals surface area contributed by atoms with Gasteiger partial charge in [0.2, 0.25) is 0 Å². The van der Waals surface area contributed by atoms with E-state index in [1.807, 2.05) is 26.1 Å². The normalized spacial score (nSPS) is 18.1. The Hall–Kier alpha value is -1.96. The molecular formula is C16H15NO. The van der Waals surface area contributed by atoms with Crippen molar-refractivity contribution >= 4 is 23.1 Å². The van der Waals surface area contributed by atoms with Crippen LogP contribution in [0.2, 0.25) is 0 Å². The molecule has 0 unspecified atom stereocenters. The Kier molecular flexibility index (Phi) is 2.51. The molecule has 18 heavy (non-hydrogen) atoms. The summed E-state index contributed by atoms with van der Waals surface area (Å²) in [5, 5.41) is 0. The van der Waals surface area contributed by atoms with Crippen LogP contribution in [-0.2, 0) is 11.2 Å². The standard InChI is InChI=1S/C16H15NO/c1-10-5-14-7-12(15-6-11(2)17-9-15)3-4-13(14)8-16(10)18/h3-5,7,9H,6,8H2,1-2H3. The van der Waals surface area contributed by atoms with Crippen molar-refractivity contribution in [3.05, 3.63) is 46.7 Å². The van der Waals surface area contributed by atoms with Gasteiger partial charge in [0.25, 0.3) is 0 Å². The van der Waals surface area contributed by atoms with Gasteiger partial charge in [0.15, 0.2) is 5.78 Å². The predicted octanol–water partition coefficient (Wildman–Crippen LogP) is 3.42. The third-order valence-corrected chi connectivity index (χ3v) is 3.57. The van der Waals surface area contributed by atoms with E-state index < -0.39 is 0 Å². The lowest BCUT2D eigenvalue weighted by Crippen LogP contribution is -2.10. The van der Waals surface area contributed by atoms with Crippen LogP contribution >= 0.6 is 0 Å². The molecule has 0 bridgehead atoms. The van der Waals surface area contributed by atoms with Crippen molar-refractivity contribution in [1.82, 2.24) is 0 Å². The highest BCUT2D eigenvalue weighted by molar-refractivity contribution is 6.03. The highest BCUT2D eigenvalue weighted by Crippen LogP contribution is 2.28. The molecule has 1 aromatic carbocycles. The molecule has 3 rings (SSSR count). The van der Waals surface area contributed by atoms with Gasteiger partial charge in [-0.2, -0.15) is 0 Å². The highest BCUT2D eigenvalue weighted by Gasteiger charge is 2.17. The maximum Gasteiger partial charge on any atom is 0.162 e. The smallest absolute Gasteiger partial charge is 0.162 e. The summed E-state index contributed by atoms with van der Waals surface area (Å²) in [6, 6.07) is 6.34. The van der Waals surface area contributed by atoms with E-state index in [9.17, 15) is 4.79 Å². The van der Waals surface area contributed by atoms with E-state index in [1.54, 1.807) is 0 Å². The lowest BCUT2D eigenvalue weighted by molar-refractivity contribution is -0.114. The van der Waals surface area contributed by atoms with Crippen molar-refractivity contribution in [3.63, 3.8) is 0 Å². The molecule has 2 nitrogen and oxygen atoms in total. The molecule has 0 N–H and O–H groups in total. The Balaban J connectivity index is 1.99. The Morgan fingerprint density at radius 3 is 2.72 bits per heavy atom. The van der Waals surface area contributed by atoms with E-state index >= 15 is 0 Å². The summed E-state index contributed by atoms with van der Waals surface area (Å²) in [5.74, 6) is 0.231. The van der Waals surface area contributed by atoms with E-state index in [0.717, 1.165) is 23.3 Å². The molecule has 90 valence electrons. The number of hydrogen-bond donors (Lipinski definition) is 0. The van der Waals surface area contributed by atoms with Gasteiger partial charge in [-0.1, -0.05) is 12.1 Å². The first-order valence-corrected chi connectivity index (χ1v) is 6.20. The van der Waals surface area contributed by atoms with Gasteiger partial charge in [0.1, 0.15) is 0 Å². The molecule has 0 spiro atoms. The second-order valence-corrected chi connectivity index (χ2v) is 5.04. The number of allylic oxidation sites excluding steroid dienone is 2. The number of rotatable bonds is 1. The summed E-state index contributed by atoms with van der Waals surface area (Å²) < 4.78 is 0. The molecule has 0 aromatic heterocycles. The molecule has 0 radical (unpaired) electrons. The molecule has 0 amide bonds. The van der Waals surface area contributed by atoms with E-state index in [0.29, 0.717) is 6.42 Å². The molecule has 0 fully saturated rings.